The molecular formula is C22H30BN3O3. The lowest BCUT2D eigenvalue weighted by atomic mass is 9.58. The van der Waals surface area contributed by atoms with Gasteiger partial charge in [-0.05, 0) is 39.8 Å². The number of hydrogen-bond acceptors (Lipinski definition) is 5. The second-order valence-corrected chi connectivity index (χ2v) is 9.36. The van der Waals surface area contributed by atoms with Gasteiger partial charge in [0.1, 0.15) is 0 Å². The van der Waals surface area contributed by atoms with E-state index in [-0.39, 0.29) is 17.1 Å². The van der Waals surface area contributed by atoms with Crippen LogP contribution in [0.15, 0.2) is 24.4 Å². The van der Waals surface area contributed by atoms with Gasteiger partial charge < -0.3 is 19.5 Å². The Morgan fingerprint density at radius 2 is 1.69 bits per heavy atom. The fraction of sp³-hybridized carbons (Fsp3) is 0.545. The summed E-state index contributed by atoms with van der Waals surface area (Å²) in [5.41, 5.74) is 1.63. The van der Waals surface area contributed by atoms with Crippen molar-refractivity contribution in [1.29, 1.82) is 0 Å². The standard InChI is InChI=1S/C22H30BN3O3/c1-20(2)21(3,4)29-23(28-20)22(5)8-6-16-14-17(15-25-18(16)7-9-22)19(27)26-12-10-24-11-13-26/h6-9,14-15,24H,10-13H2,1-5H3. The number of aromatic nitrogens is 1. The van der Waals surface area contributed by atoms with Gasteiger partial charge in [0.15, 0.2) is 0 Å². The third kappa shape index (κ3) is 3.67. The summed E-state index contributed by atoms with van der Waals surface area (Å²) < 4.78 is 12.6. The van der Waals surface area contributed by atoms with Crippen LogP contribution in [0.2, 0.25) is 5.31 Å². The lowest BCUT2D eigenvalue weighted by Gasteiger charge is -2.32. The molecule has 0 spiro atoms. The Morgan fingerprint density at radius 3 is 2.34 bits per heavy atom. The van der Waals surface area contributed by atoms with Gasteiger partial charge in [0.2, 0.25) is 0 Å². The Labute approximate surface area is 173 Å². The van der Waals surface area contributed by atoms with Crippen LogP contribution in [-0.4, -0.2) is 60.3 Å². The number of piperazine rings is 1. The summed E-state index contributed by atoms with van der Waals surface area (Å²) in [5.74, 6) is 0.0390. The largest absolute Gasteiger partial charge is 0.472 e. The summed E-state index contributed by atoms with van der Waals surface area (Å²) in [6.07, 6.45) is 9.89. The molecule has 1 aliphatic carbocycles. The lowest BCUT2D eigenvalue weighted by molar-refractivity contribution is 0.00578. The number of hydrogen-bond donors (Lipinski definition) is 1. The second kappa shape index (κ2) is 7.08. The number of rotatable bonds is 2. The molecule has 1 unspecified atom stereocenters. The highest BCUT2D eigenvalue weighted by molar-refractivity contribution is 6.51. The van der Waals surface area contributed by atoms with E-state index >= 15 is 0 Å². The highest BCUT2D eigenvalue weighted by Gasteiger charge is 2.56. The molecule has 1 amide bonds. The lowest BCUT2D eigenvalue weighted by Crippen LogP contribution is -2.46. The number of pyridine rings is 1. The molecule has 6 nitrogen and oxygen atoms in total. The van der Waals surface area contributed by atoms with E-state index in [0.29, 0.717) is 5.56 Å². The molecule has 0 radical (unpaired) electrons. The molecule has 4 rings (SSSR count). The van der Waals surface area contributed by atoms with Crippen LogP contribution in [0.3, 0.4) is 0 Å². The summed E-state index contributed by atoms with van der Waals surface area (Å²) in [7, 11) is -0.392. The third-order valence-corrected chi connectivity index (χ3v) is 6.58. The van der Waals surface area contributed by atoms with Gasteiger partial charge in [-0.2, -0.15) is 0 Å². The van der Waals surface area contributed by atoms with Gasteiger partial charge in [-0.1, -0.05) is 25.2 Å². The van der Waals surface area contributed by atoms with Crippen molar-refractivity contribution >= 4 is 25.2 Å². The molecule has 1 N–H and O–H groups in total. The molecule has 1 aromatic rings. The zero-order chi connectivity index (χ0) is 20.9. The maximum atomic E-state index is 12.8. The van der Waals surface area contributed by atoms with Crippen molar-refractivity contribution in [2.75, 3.05) is 26.2 Å². The average molecular weight is 395 g/mol. The number of allylic oxidation sites excluding steroid dienone is 2. The van der Waals surface area contributed by atoms with Crippen LogP contribution in [0.4, 0.5) is 0 Å². The fourth-order valence-corrected chi connectivity index (χ4v) is 3.77. The quantitative estimate of drug-likeness (QED) is 0.780. The molecule has 154 valence electrons. The number of nitrogens with zero attached hydrogens (tertiary/aromatic N) is 2. The minimum atomic E-state index is -0.436. The van der Waals surface area contributed by atoms with E-state index in [1.54, 1.807) is 6.20 Å². The van der Waals surface area contributed by atoms with Crippen molar-refractivity contribution < 1.29 is 14.1 Å². The molecule has 1 atom stereocenters. The van der Waals surface area contributed by atoms with Crippen molar-refractivity contribution in [3.63, 3.8) is 0 Å². The molecule has 29 heavy (non-hydrogen) atoms. The van der Waals surface area contributed by atoms with Gasteiger partial charge in [0.25, 0.3) is 5.91 Å². The smallest absolute Gasteiger partial charge is 0.402 e. The van der Waals surface area contributed by atoms with Crippen molar-refractivity contribution in [1.82, 2.24) is 15.2 Å². The molecule has 0 bridgehead atoms. The SMILES string of the molecule is CC1(B2OC(C)(C)C(C)(C)O2)C=Cc2cc(C(=O)N3CCNCC3)cnc2C=C1. The second-order valence-electron chi connectivity index (χ2n) is 9.36. The van der Waals surface area contributed by atoms with Crippen LogP contribution in [0.1, 0.15) is 56.2 Å². The monoisotopic (exact) mass is 395 g/mol. The van der Waals surface area contributed by atoms with Gasteiger partial charge in [-0.15, -0.1) is 0 Å². The highest BCUT2D eigenvalue weighted by Crippen LogP contribution is 2.47. The summed E-state index contributed by atoms with van der Waals surface area (Å²) in [5, 5.41) is 2.84. The number of amides is 1. The van der Waals surface area contributed by atoms with E-state index in [4.69, 9.17) is 9.31 Å². The van der Waals surface area contributed by atoms with E-state index in [9.17, 15) is 4.79 Å². The van der Waals surface area contributed by atoms with Crippen LogP contribution in [0.5, 0.6) is 0 Å². The number of nitrogens with one attached hydrogen (secondary N) is 1. The maximum absolute atomic E-state index is 12.8. The normalized spacial score (nSPS) is 27.6. The highest BCUT2D eigenvalue weighted by atomic mass is 16.7. The molecule has 2 fully saturated rings. The van der Waals surface area contributed by atoms with Gasteiger partial charge in [0, 0.05) is 43.3 Å². The van der Waals surface area contributed by atoms with E-state index in [2.05, 4.69) is 57.1 Å². The first kappa shape index (κ1) is 20.3. The molecule has 2 aliphatic heterocycles. The van der Waals surface area contributed by atoms with Gasteiger partial charge in [0.05, 0.1) is 22.5 Å². The molecular weight excluding hydrogens is 365 g/mol. The van der Waals surface area contributed by atoms with Crippen LogP contribution >= 0.6 is 0 Å². The van der Waals surface area contributed by atoms with E-state index in [0.717, 1.165) is 37.4 Å². The topological polar surface area (TPSA) is 63.7 Å². The predicted octanol–water partition coefficient (Wildman–Crippen LogP) is 3.02. The Hall–Kier alpha value is -1.96. The summed E-state index contributed by atoms with van der Waals surface area (Å²) in [6.45, 7) is 13.5. The van der Waals surface area contributed by atoms with Crippen molar-refractivity contribution in [3.05, 3.63) is 41.2 Å². The van der Waals surface area contributed by atoms with Crippen LogP contribution in [-0.2, 0) is 9.31 Å². The average Bonchev–Trinajstić information content (AvgIpc) is 2.82. The molecule has 2 saturated heterocycles. The summed E-state index contributed by atoms with van der Waals surface area (Å²) >= 11 is 0. The molecule has 3 heterocycles. The number of carbonyl (C=O) groups excluding carboxylic acids is 1. The molecule has 0 aromatic carbocycles. The van der Waals surface area contributed by atoms with E-state index in [1.165, 1.54) is 0 Å². The first-order valence-corrected chi connectivity index (χ1v) is 10.4. The molecule has 3 aliphatic rings. The first-order chi connectivity index (χ1) is 13.6. The zero-order valence-electron chi connectivity index (χ0n) is 18.0. The van der Waals surface area contributed by atoms with Crippen LogP contribution in [0.25, 0.3) is 12.2 Å². The minimum absolute atomic E-state index is 0.0390. The first-order valence-electron chi connectivity index (χ1n) is 10.4. The molecule has 1 aromatic heterocycles. The Balaban J connectivity index is 1.59. The van der Waals surface area contributed by atoms with Gasteiger partial charge in [-0.25, -0.2) is 0 Å². The van der Waals surface area contributed by atoms with Crippen molar-refractivity contribution in [2.24, 2.45) is 0 Å². The Morgan fingerprint density at radius 1 is 1.07 bits per heavy atom. The van der Waals surface area contributed by atoms with Crippen molar-refractivity contribution in [3.8, 4) is 0 Å². The van der Waals surface area contributed by atoms with E-state index < -0.39 is 12.4 Å². The number of carbonyl (C=O) groups is 1. The van der Waals surface area contributed by atoms with Crippen LogP contribution in [0, 0.1) is 0 Å². The third-order valence-electron chi connectivity index (χ3n) is 6.58. The van der Waals surface area contributed by atoms with E-state index in [1.807, 2.05) is 23.1 Å². The Bertz CT molecular complexity index is 858. The summed E-state index contributed by atoms with van der Waals surface area (Å²) in [6, 6.07) is 1.93. The predicted molar refractivity (Wildman–Crippen MR) is 116 cm³/mol. The van der Waals surface area contributed by atoms with Gasteiger partial charge in [-0.3, -0.25) is 9.78 Å². The van der Waals surface area contributed by atoms with Crippen LogP contribution < -0.4 is 5.32 Å². The molecule has 0 saturated carbocycles. The summed E-state index contributed by atoms with van der Waals surface area (Å²) in [4.78, 5) is 19.3. The van der Waals surface area contributed by atoms with Crippen molar-refractivity contribution in [2.45, 2.75) is 51.1 Å². The fourth-order valence-electron chi connectivity index (χ4n) is 3.77. The maximum Gasteiger partial charge on any atom is 0.472 e. The number of fused-ring (bicyclic) bond motifs is 1. The zero-order valence-corrected chi connectivity index (χ0v) is 18.0. The minimum Gasteiger partial charge on any atom is -0.402 e. The van der Waals surface area contributed by atoms with Gasteiger partial charge >= 0.3 is 7.12 Å². The Kier molecular flexibility index (Phi) is 4.96. The molecule has 7 heteroatoms.